The van der Waals surface area contributed by atoms with E-state index < -0.39 is 21.8 Å². The molecule has 1 aromatic heterocycles. The second-order valence-electron chi connectivity index (χ2n) is 6.40. The zero-order valence-corrected chi connectivity index (χ0v) is 17.8. The van der Waals surface area contributed by atoms with E-state index in [1.54, 1.807) is 23.6 Å². The predicted molar refractivity (Wildman–Crippen MR) is 117 cm³/mol. The molecule has 0 aliphatic rings. The van der Waals surface area contributed by atoms with Crippen molar-refractivity contribution in [2.24, 2.45) is 0 Å². The summed E-state index contributed by atoms with van der Waals surface area (Å²) in [7, 11) is -3.81. The normalized spacial score (nSPS) is 12.0. The zero-order chi connectivity index (χ0) is 21.6. The third-order valence-electron chi connectivity index (χ3n) is 4.40. The van der Waals surface area contributed by atoms with Gasteiger partial charge in [0.05, 0.1) is 17.2 Å². The van der Waals surface area contributed by atoms with Gasteiger partial charge in [0, 0.05) is 0 Å². The third kappa shape index (κ3) is 5.05. The lowest BCUT2D eigenvalue weighted by molar-refractivity contribution is -0.123. The van der Waals surface area contributed by atoms with Crippen molar-refractivity contribution in [3.05, 3.63) is 83.2 Å². The lowest BCUT2D eigenvalue weighted by atomic mass is 9.96. The number of nitrogens with one attached hydrogen (secondary N) is 3. The maximum absolute atomic E-state index is 12.6. The molecule has 0 spiro atoms. The molecular formula is C21H21N3O4S2. The van der Waals surface area contributed by atoms with Crippen molar-refractivity contribution >= 4 is 38.9 Å². The Morgan fingerprint density at radius 2 is 1.63 bits per heavy atom. The number of carbonyl (C=O) groups excluding carboxylic acids is 2. The van der Waals surface area contributed by atoms with Crippen LogP contribution in [0.1, 0.15) is 35.2 Å². The minimum absolute atomic E-state index is 0.0886. The van der Waals surface area contributed by atoms with Crippen molar-refractivity contribution in [3.8, 4) is 0 Å². The van der Waals surface area contributed by atoms with Crippen LogP contribution in [0.5, 0.6) is 0 Å². The van der Waals surface area contributed by atoms with Crippen molar-refractivity contribution in [1.29, 1.82) is 0 Å². The number of carbonyl (C=O) groups is 2. The van der Waals surface area contributed by atoms with Crippen molar-refractivity contribution < 1.29 is 18.0 Å². The molecule has 3 aromatic rings. The van der Waals surface area contributed by atoms with E-state index in [2.05, 4.69) is 15.6 Å². The van der Waals surface area contributed by atoms with E-state index in [4.69, 9.17) is 0 Å². The number of rotatable bonds is 7. The Morgan fingerprint density at radius 3 is 2.30 bits per heavy atom. The Kier molecular flexibility index (Phi) is 6.86. The van der Waals surface area contributed by atoms with E-state index in [1.165, 1.54) is 18.2 Å². The molecule has 3 rings (SSSR count). The van der Waals surface area contributed by atoms with Gasteiger partial charge in [-0.1, -0.05) is 55.5 Å². The largest absolute Gasteiger partial charge is 0.278 e. The van der Waals surface area contributed by atoms with Gasteiger partial charge in [-0.3, -0.25) is 25.2 Å². The average Bonchev–Trinajstić information content (AvgIpc) is 3.29. The molecule has 0 saturated heterocycles. The molecule has 0 radical (unpaired) electrons. The summed E-state index contributed by atoms with van der Waals surface area (Å²) in [5.74, 6) is -1.40. The van der Waals surface area contributed by atoms with Crippen LogP contribution in [0.4, 0.5) is 5.69 Å². The van der Waals surface area contributed by atoms with Crippen molar-refractivity contribution in [3.63, 3.8) is 0 Å². The summed E-state index contributed by atoms with van der Waals surface area (Å²) in [5.41, 5.74) is 5.86. The Hall–Kier alpha value is -3.17. The standard InChI is InChI=1S/C21H21N3O4S2/c1-2-16(15-9-4-3-5-10-15)20(25)22-23-21(26)17-11-6-7-12-18(17)24-30(27,28)19-13-8-14-29-19/h3-14,16,24H,2H2,1H3,(H,22,25)(H,23,26). The SMILES string of the molecule is CCC(C(=O)NNC(=O)c1ccccc1NS(=O)(=O)c1cccs1)c1ccccc1. The van der Waals surface area contributed by atoms with Crippen molar-refractivity contribution in [2.45, 2.75) is 23.5 Å². The van der Waals surface area contributed by atoms with Crippen LogP contribution >= 0.6 is 11.3 Å². The molecule has 0 fully saturated rings. The first kappa shape index (κ1) is 21.5. The maximum Gasteiger partial charge on any atom is 0.271 e. The fourth-order valence-electron chi connectivity index (χ4n) is 2.91. The molecule has 2 amide bonds. The fourth-order valence-corrected chi connectivity index (χ4v) is 4.98. The molecule has 0 bridgehead atoms. The Bertz CT molecular complexity index is 1110. The molecule has 0 aliphatic carbocycles. The number of hydrazine groups is 1. The summed E-state index contributed by atoms with van der Waals surface area (Å²) >= 11 is 1.07. The van der Waals surface area contributed by atoms with Gasteiger partial charge in [-0.25, -0.2) is 8.42 Å². The first-order valence-corrected chi connectivity index (χ1v) is 11.6. The summed E-state index contributed by atoms with van der Waals surface area (Å²) in [5, 5.41) is 1.65. The van der Waals surface area contributed by atoms with Gasteiger partial charge in [-0.2, -0.15) is 0 Å². The average molecular weight is 444 g/mol. The minimum Gasteiger partial charge on any atom is -0.278 e. The highest BCUT2D eigenvalue weighted by molar-refractivity contribution is 7.94. The van der Waals surface area contributed by atoms with Crippen LogP contribution in [0, 0.1) is 0 Å². The Morgan fingerprint density at radius 1 is 0.933 bits per heavy atom. The summed E-state index contributed by atoms with van der Waals surface area (Å²) in [6.45, 7) is 1.88. The van der Waals surface area contributed by atoms with E-state index in [0.29, 0.717) is 6.42 Å². The van der Waals surface area contributed by atoms with Crippen LogP contribution in [0.25, 0.3) is 0 Å². The molecule has 9 heteroatoms. The molecule has 1 atom stereocenters. The topological polar surface area (TPSA) is 104 Å². The van der Waals surface area contributed by atoms with Crippen LogP contribution in [0.3, 0.4) is 0 Å². The number of thiophene rings is 1. The first-order chi connectivity index (χ1) is 14.4. The van der Waals surface area contributed by atoms with Gasteiger partial charge in [0.25, 0.3) is 15.9 Å². The molecule has 1 heterocycles. The highest BCUT2D eigenvalue weighted by atomic mass is 32.2. The highest BCUT2D eigenvalue weighted by Gasteiger charge is 2.21. The van der Waals surface area contributed by atoms with Crippen LogP contribution in [-0.2, 0) is 14.8 Å². The summed E-state index contributed by atoms with van der Waals surface area (Å²) in [6.07, 6.45) is 0.558. The van der Waals surface area contributed by atoms with Crippen LogP contribution < -0.4 is 15.6 Å². The monoisotopic (exact) mass is 443 g/mol. The highest BCUT2D eigenvalue weighted by Crippen LogP contribution is 2.23. The van der Waals surface area contributed by atoms with Gasteiger partial charge < -0.3 is 0 Å². The molecule has 7 nitrogen and oxygen atoms in total. The van der Waals surface area contributed by atoms with E-state index in [-0.39, 0.29) is 21.4 Å². The first-order valence-electron chi connectivity index (χ1n) is 9.23. The van der Waals surface area contributed by atoms with Crippen LogP contribution in [0.15, 0.2) is 76.3 Å². The lowest BCUT2D eigenvalue weighted by Crippen LogP contribution is -2.44. The van der Waals surface area contributed by atoms with E-state index in [0.717, 1.165) is 16.9 Å². The zero-order valence-electron chi connectivity index (χ0n) is 16.2. The molecule has 0 saturated carbocycles. The van der Waals surface area contributed by atoms with Gasteiger partial charge in [0.2, 0.25) is 5.91 Å². The summed E-state index contributed by atoms with van der Waals surface area (Å²) < 4.78 is 27.5. The van der Waals surface area contributed by atoms with E-state index in [1.807, 2.05) is 37.3 Å². The molecule has 30 heavy (non-hydrogen) atoms. The van der Waals surface area contributed by atoms with E-state index in [9.17, 15) is 18.0 Å². The van der Waals surface area contributed by atoms with Gasteiger partial charge >= 0.3 is 0 Å². The number of hydrogen-bond acceptors (Lipinski definition) is 5. The summed E-state index contributed by atoms with van der Waals surface area (Å²) in [4.78, 5) is 25.2. The second-order valence-corrected chi connectivity index (χ2v) is 9.25. The third-order valence-corrected chi connectivity index (χ3v) is 7.16. The Labute approximate surface area is 179 Å². The number of anilines is 1. The minimum atomic E-state index is -3.81. The molecule has 1 unspecified atom stereocenters. The smallest absolute Gasteiger partial charge is 0.271 e. The van der Waals surface area contributed by atoms with Crippen molar-refractivity contribution in [2.75, 3.05) is 4.72 Å². The molecule has 2 aromatic carbocycles. The second kappa shape index (κ2) is 9.55. The summed E-state index contributed by atoms with van der Waals surface area (Å²) in [6, 6.07) is 18.6. The van der Waals surface area contributed by atoms with Crippen LogP contribution in [0.2, 0.25) is 0 Å². The molecule has 156 valence electrons. The predicted octanol–water partition coefficient (Wildman–Crippen LogP) is 3.50. The van der Waals surface area contributed by atoms with Gasteiger partial charge in [-0.15, -0.1) is 11.3 Å². The number of amides is 2. The quantitative estimate of drug-likeness (QED) is 0.486. The number of benzene rings is 2. The fraction of sp³-hybridized carbons (Fsp3) is 0.143. The number of para-hydroxylation sites is 1. The number of hydrogen-bond donors (Lipinski definition) is 3. The van der Waals surface area contributed by atoms with E-state index >= 15 is 0 Å². The molecule has 3 N–H and O–H groups in total. The van der Waals surface area contributed by atoms with Gasteiger partial charge in [-0.05, 0) is 35.6 Å². The molecule has 0 aliphatic heterocycles. The van der Waals surface area contributed by atoms with Gasteiger partial charge in [0.15, 0.2) is 0 Å². The van der Waals surface area contributed by atoms with Crippen molar-refractivity contribution in [1.82, 2.24) is 10.9 Å². The molecular weight excluding hydrogens is 422 g/mol. The van der Waals surface area contributed by atoms with Gasteiger partial charge in [0.1, 0.15) is 4.21 Å². The van der Waals surface area contributed by atoms with Crippen LogP contribution in [-0.4, -0.2) is 20.2 Å². The Balaban J connectivity index is 1.71. The lowest BCUT2D eigenvalue weighted by Gasteiger charge is -2.17. The maximum atomic E-state index is 12.6. The number of sulfonamides is 1.